The summed E-state index contributed by atoms with van der Waals surface area (Å²) in [4.78, 5) is 22.5. The van der Waals surface area contributed by atoms with Crippen molar-refractivity contribution in [2.75, 3.05) is 5.73 Å². The van der Waals surface area contributed by atoms with Gasteiger partial charge in [0.15, 0.2) is 5.65 Å². The van der Waals surface area contributed by atoms with Crippen molar-refractivity contribution >= 4 is 49.9 Å². The van der Waals surface area contributed by atoms with Crippen LogP contribution in [0.5, 0.6) is 0 Å². The maximum absolute atomic E-state index is 13.0. The molecule has 0 unspecified atom stereocenters. The number of benzene rings is 2. The topological polar surface area (TPSA) is 83.0 Å². The maximum Gasteiger partial charge on any atom is 0.344 e. The number of anilines is 1. The Morgan fingerprint density at radius 1 is 1.10 bits per heavy atom. The molecule has 0 bridgehead atoms. The second kappa shape index (κ2) is 6.84. The Morgan fingerprint density at radius 3 is 2.38 bits per heavy atom. The third-order valence-electron chi connectivity index (χ3n) is 4.50. The lowest BCUT2D eigenvalue weighted by molar-refractivity contribution is 0.00728. The monoisotopic (exact) mass is 452 g/mol. The fourth-order valence-corrected chi connectivity index (χ4v) is 3.47. The van der Waals surface area contributed by atoms with E-state index in [1.807, 2.05) is 70.2 Å². The molecular formula is C22H21BrN4O2. The van der Waals surface area contributed by atoms with Crippen molar-refractivity contribution in [1.29, 1.82) is 0 Å². The van der Waals surface area contributed by atoms with E-state index in [4.69, 9.17) is 20.4 Å². The predicted octanol–water partition coefficient (Wildman–Crippen LogP) is 5.18. The van der Waals surface area contributed by atoms with E-state index >= 15 is 0 Å². The standard InChI is InChI=1S/C22H21BrN4O2/c1-12-11-13(9-10-14(12)23)27-19(24)17(21(28)29-22(2,3)4)18-20(27)26-16-8-6-5-7-15(16)25-18/h5-11H,24H2,1-4H3. The van der Waals surface area contributed by atoms with E-state index in [0.717, 1.165) is 21.2 Å². The molecule has 0 aliphatic heterocycles. The molecule has 2 aromatic heterocycles. The largest absolute Gasteiger partial charge is 0.456 e. The Labute approximate surface area is 176 Å². The lowest BCUT2D eigenvalue weighted by atomic mass is 10.2. The lowest BCUT2D eigenvalue weighted by Crippen LogP contribution is -2.24. The fourth-order valence-electron chi connectivity index (χ4n) is 3.22. The van der Waals surface area contributed by atoms with Gasteiger partial charge in [-0.05, 0) is 63.6 Å². The number of para-hydroxylation sites is 2. The van der Waals surface area contributed by atoms with Gasteiger partial charge in [-0.25, -0.2) is 14.8 Å². The number of rotatable bonds is 2. The molecule has 7 heteroatoms. The van der Waals surface area contributed by atoms with Crippen LogP contribution in [0.15, 0.2) is 46.9 Å². The first-order valence-corrected chi connectivity index (χ1v) is 10.0. The van der Waals surface area contributed by atoms with E-state index in [0.29, 0.717) is 16.7 Å². The normalized spacial score (nSPS) is 11.9. The van der Waals surface area contributed by atoms with Gasteiger partial charge in [0.25, 0.3) is 0 Å². The minimum atomic E-state index is -0.656. The molecule has 4 rings (SSSR count). The van der Waals surface area contributed by atoms with Gasteiger partial charge in [-0.15, -0.1) is 0 Å². The van der Waals surface area contributed by atoms with Crippen LogP contribution in [0.1, 0.15) is 36.7 Å². The first kappa shape index (κ1) is 19.4. The van der Waals surface area contributed by atoms with E-state index in [-0.39, 0.29) is 11.4 Å². The summed E-state index contributed by atoms with van der Waals surface area (Å²) >= 11 is 3.52. The van der Waals surface area contributed by atoms with Crippen LogP contribution >= 0.6 is 15.9 Å². The number of fused-ring (bicyclic) bond motifs is 2. The molecule has 0 amide bonds. The molecule has 0 saturated carbocycles. The summed E-state index contributed by atoms with van der Waals surface area (Å²) in [5.41, 5.74) is 10.3. The number of hydrogen-bond donors (Lipinski definition) is 1. The molecule has 2 N–H and O–H groups in total. The van der Waals surface area contributed by atoms with Crippen LogP contribution in [0.2, 0.25) is 0 Å². The van der Waals surface area contributed by atoms with E-state index in [1.54, 1.807) is 4.57 Å². The molecule has 6 nitrogen and oxygen atoms in total. The number of ether oxygens (including phenoxy) is 1. The van der Waals surface area contributed by atoms with Crippen molar-refractivity contribution in [3.05, 3.63) is 58.1 Å². The minimum absolute atomic E-state index is 0.230. The molecule has 0 fully saturated rings. The second-order valence-corrected chi connectivity index (χ2v) is 8.77. The zero-order valence-electron chi connectivity index (χ0n) is 16.7. The van der Waals surface area contributed by atoms with Gasteiger partial charge in [0.05, 0.1) is 11.0 Å². The third-order valence-corrected chi connectivity index (χ3v) is 5.39. The fraction of sp³-hybridized carbons (Fsp3) is 0.227. The summed E-state index contributed by atoms with van der Waals surface area (Å²) in [6.45, 7) is 7.45. The molecule has 148 valence electrons. The van der Waals surface area contributed by atoms with Gasteiger partial charge in [0.2, 0.25) is 0 Å². The Morgan fingerprint density at radius 2 is 1.76 bits per heavy atom. The number of aryl methyl sites for hydroxylation is 1. The first-order chi connectivity index (χ1) is 13.7. The van der Waals surface area contributed by atoms with Gasteiger partial charge < -0.3 is 10.5 Å². The highest BCUT2D eigenvalue weighted by Gasteiger charge is 2.28. The van der Waals surface area contributed by atoms with Crippen LogP contribution in [0.4, 0.5) is 5.82 Å². The number of nitrogen functional groups attached to an aromatic ring is 1. The van der Waals surface area contributed by atoms with Crippen LogP contribution in [0, 0.1) is 6.92 Å². The Bertz CT molecular complexity index is 1270. The number of aromatic nitrogens is 3. The van der Waals surface area contributed by atoms with E-state index in [9.17, 15) is 4.79 Å². The first-order valence-electron chi connectivity index (χ1n) is 9.22. The van der Waals surface area contributed by atoms with Gasteiger partial charge in [-0.2, -0.15) is 0 Å². The SMILES string of the molecule is Cc1cc(-n2c(N)c(C(=O)OC(C)(C)C)c3nc4ccccc4nc32)ccc1Br. The number of halogens is 1. The van der Waals surface area contributed by atoms with Crippen LogP contribution in [0.3, 0.4) is 0 Å². The highest BCUT2D eigenvalue weighted by Crippen LogP contribution is 2.33. The van der Waals surface area contributed by atoms with Crippen LogP contribution in [-0.4, -0.2) is 26.1 Å². The molecule has 29 heavy (non-hydrogen) atoms. The number of nitrogens with two attached hydrogens (primary N) is 1. The third kappa shape index (κ3) is 3.46. The van der Waals surface area contributed by atoms with Crippen molar-refractivity contribution in [3.63, 3.8) is 0 Å². The molecule has 2 aromatic carbocycles. The number of nitrogens with zero attached hydrogens (tertiary/aromatic N) is 3. The zero-order valence-corrected chi connectivity index (χ0v) is 18.2. The highest BCUT2D eigenvalue weighted by atomic mass is 79.9. The summed E-state index contributed by atoms with van der Waals surface area (Å²) in [5.74, 6) is -0.261. The Balaban J connectivity index is 2.06. The molecule has 0 atom stereocenters. The van der Waals surface area contributed by atoms with E-state index < -0.39 is 11.6 Å². The van der Waals surface area contributed by atoms with Gasteiger partial charge in [0, 0.05) is 10.2 Å². The molecule has 0 radical (unpaired) electrons. The van der Waals surface area contributed by atoms with Gasteiger partial charge in [-0.3, -0.25) is 4.57 Å². The summed E-state index contributed by atoms with van der Waals surface area (Å²) in [6, 6.07) is 13.4. The lowest BCUT2D eigenvalue weighted by Gasteiger charge is -2.19. The average molecular weight is 453 g/mol. The number of esters is 1. The van der Waals surface area contributed by atoms with Crippen LogP contribution in [-0.2, 0) is 4.74 Å². The summed E-state index contributed by atoms with van der Waals surface area (Å²) in [5, 5.41) is 0. The second-order valence-electron chi connectivity index (χ2n) is 7.92. The van der Waals surface area contributed by atoms with Crippen molar-refractivity contribution in [3.8, 4) is 5.69 Å². The van der Waals surface area contributed by atoms with Crippen molar-refractivity contribution in [1.82, 2.24) is 14.5 Å². The summed E-state index contributed by atoms with van der Waals surface area (Å²) in [7, 11) is 0. The summed E-state index contributed by atoms with van der Waals surface area (Å²) in [6.07, 6.45) is 0. The molecule has 2 heterocycles. The number of carbonyl (C=O) groups is 1. The predicted molar refractivity (Wildman–Crippen MR) is 118 cm³/mol. The molecule has 0 spiro atoms. The van der Waals surface area contributed by atoms with Crippen molar-refractivity contribution < 1.29 is 9.53 Å². The minimum Gasteiger partial charge on any atom is -0.456 e. The van der Waals surface area contributed by atoms with Crippen LogP contribution in [0.25, 0.3) is 27.9 Å². The van der Waals surface area contributed by atoms with Crippen molar-refractivity contribution in [2.24, 2.45) is 0 Å². The van der Waals surface area contributed by atoms with Gasteiger partial charge in [-0.1, -0.05) is 28.1 Å². The Kier molecular flexibility index (Phi) is 4.58. The molecule has 0 aliphatic carbocycles. The quantitative estimate of drug-likeness (QED) is 0.423. The Hall–Kier alpha value is -2.93. The van der Waals surface area contributed by atoms with E-state index in [1.165, 1.54) is 0 Å². The number of hydrogen-bond acceptors (Lipinski definition) is 5. The van der Waals surface area contributed by atoms with Gasteiger partial charge >= 0.3 is 5.97 Å². The average Bonchev–Trinajstić information content (AvgIpc) is 2.91. The summed E-state index contributed by atoms with van der Waals surface area (Å²) < 4.78 is 8.35. The van der Waals surface area contributed by atoms with Crippen molar-refractivity contribution in [2.45, 2.75) is 33.3 Å². The molecular weight excluding hydrogens is 432 g/mol. The number of carbonyl (C=O) groups excluding carboxylic acids is 1. The molecule has 0 aliphatic rings. The zero-order chi connectivity index (χ0) is 20.9. The maximum atomic E-state index is 13.0. The van der Waals surface area contributed by atoms with Crippen LogP contribution < -0.4 is 5.73 Å². The van der Waals surface area contributed by atoms with E-state index in [2.05, 4.69) is 15.9 Å². The highest BCUT2D eigenvalue weighted by molar-refractivity contribution is 9.10. The molecule has 0 saturated heterocycles. The molecule has 4 aromatic rings. The smallest absolute Gasteiger partial charge is 0.344 e. The van der Waals surface area contributed by atoms with Gasteiger partial charge in [0.1, 0.15) is 22.5 Å².